The van der Waals surface area contributed by atoms with E-state index in [0.29, 0.717) is 26.2 Å². The van der Waals surface area contributed by atoms with Crippen LogP contribution in [0.2, 0.25) is 5.02 Å². The summed E-state index contributed by atoms with van der Waals surface area (Å²) in [6.07, 6.45) is 0.441. The molecule has 1 aromatic carbocycles. The van der Waals surface area contributed by atoms with Crippen LogP contribution in [0.15, 0.2) is 24.3 Å². The average molecular weight is 441 g/mol. The van der Waals surface area contributed by atoms with Crippen LogP contribution in [0.3, 0.4) is 0 Å². The molecular formula is C18H28Cl3N3O3. The zero-order valence-corrected chi connectivity index (χ0v) is 17.6. The predicted molar refractivity (Wildman–Crippen MR) is 111 cm³/mol. The largest absolute Gasteiger partial charge is 0.379 e. The number of carbonyl (C=O) groups is 1. The second-order valence-corrected chi connectivity index (χ2v) is 6.89. The minimum Gasteiger partial charge on any atom is -0.379 e. The lowest BCUT2D eigenvalue weighted by Gasteiger charge is -2.35. The van der Waals surface area contributed by atoms with E-state index in [2.05, 4.69) is 15.5 Å². The molecule has 2 aliphatic heterocycles. The summed E-state index contributed by atoms with van der Waals surface area (Å²) in [6, 6.07) is 8.09. The van der Waals surface area contributed by atoms with E-state index in [0.717, 1.165) is 43.4 Å². The molecule has 27 heavy (non-hydrogen) atoms. The average Bonchev–Trinajstić information content (AvgIpc) is 2.65. The molecule has 2 aliphatic rings. The third kappa shape index (κ3) is 7.74. The molecule has 2 atom stereocenters. The van der Waals surface area contributed by atoms with Crippen molar-refractivity contribution in [3.05, 3.63) is 34.9 Å². The Balaban J connectivity index is 0.00000182. The van der Waals surface area contributed by atoms with Crippen molar-refractivity contribution in [3.8, 4) is 0 Å². The van der Waals surface area contributed by atoms with E-state index in [-0.39, 0.29) is 42.8 Å². The molecule has 2 N–H and O–H groups in total. The lowest BCUT2D eigenvalue weighted by molar-refractivity contribution is -0.122. The lowest BCUT2D eigenvalue weighted by atomic mass is 10.0. The number of amides is 1. The molecule has 2 fully saturated rings. The van der Waals surface area contributed by atoms with Gasteiger partial charge in [0.2, 0.25) is 5.91 Å². The van der Waals surface area contributed by atoms with Crippen molar-refractivity contribution >= 4 is 42.3 Å². The van der Waals surface area contributed by atoms with Crippen molar-refractivity contribution in [3.63, 3.8) is 0 Å². The van der Waals surface area contributed by atoms with Gasteiger partial charge in [0.15, 0.2) is 0 Å². The minimum absolute atomic E-state index is 0. The van der Waals surface area contributed by atoms with Gasteiger partial charge in [-0.2, -0.15) is 0 Å². The normalized spacial score (nSPS) is 21.4. The van der Waals surface area contributed by atoms with Crippen molar-refractivity contribution in [1.82, 2.24) is 15.5 Å². The summed E-state index contributed by atoms with van der Waals surface area (Å²) >= 11 is 6.02. The molecule has 6 nitrogen and oxygen atoms in total. The van der Waals surface area contributed by atoms with E-state index < -0.39 is 0 Å². The molecule has 2 heterocycles. The summed E-state index contributed by atoms with van der Waals surface area (Å²) < 4.78 is 10.9. The number of nitrogens with one attached hydrogen (secondary N) is 2. The van der Waals surface area contributed by atoms with E-state index in [1.165, 1.54) is 0 Å². The van der Waals surface area contributed by atoms with Gasteiger partial charge in [-0.1, -0.05) is 23.7 Å². The van der Waals surface area contributed by atoms with Crippen LogP contribution in [-0.4, -0.2) is 69.5 Å². The Morgan fingerprint density at radius 2 is 1.89 bits per heavy atom. The van der Waals surface area contributed by atoms with E-state index in [4.69, 9.17) is 21.1 Å². The Morgan fingerprint density at radius 1 is 1.19 bits per heavy atom. The van der Waals surface area contributed by atoms with Gasteiger partial charge in [0.05, 0.1) is 32.5 Å². The second kappa shape index (κ2) is 12.8. The van der Waals surface area contributed by atoms with E-state index >= 15 is 0 Å². The number of benzene rings is 1. The Hall–Kier alpha value is -0.600. The summed E-state index contributed by atoms with van der Waals surface area (Å²) in [5.41, 5.74) is 1.16. The molecule has 2 unspecified atom stereocenters. The first kappa shape index (κ1) is 24.4. The highest BCUT2D eigenvalue weighted by Crippen LogP contribution is 2.23. The van der Waals surface area contributed by atoms with E-state index in [1.54, 1.807) is 0 Å². The van der Waals surface area contributed by atoms with Gasteiger partial charge in [-0.25, -0.2) is 0 Å². The number of halogens is 3. The number of nitrogens with zero attached hydrogens (tertiary/aromatic N) is 1. The van der Waals surface area contributed by atoms with Gasteiger partial charge in [-0.05, 0) is 17.7 Å². The summed E-state index contributed by atoms with van der Waals surface area (Å²) in [7, 11) is 0. The van der Waals surface area contributed by atoms with Gasteiger partial charge >= 0.3 is 0 Å². The minimum atomic E-state index is 0. The predicted octanol–water partition coefficient (Wildman–Crippen LogP) is 2.05. The SMILES string of the molecule is Cl.Cl.O=C(CC1COCCN1)NCC(c1ccc(Cl)cc1)N1CCOCC1. The topological polar surface area (TPSA) is 62.8 Å². The summed E-state index contributed by atoms with van der Waals surface area (Å²) in [5.74, 6) is 0.0511. The number of hydrogen-bond acceptors (Lipinski definition) is 5. The number of carbonyl (C=O) groups excluding carboxylic acids is 1. The number of ether oxygens (including phenoxy) is 2. The van der Waals surface area contributed by atoms with Crippen molar-refractivity contribution < 1.29 is 14.3 Å². The van der Waals surface area contributed by atoms with Crippen LogP contribution in [0.25, 0.3) is 0 Å². The Labute approximate surface area is 178 Å². The van der Waals surface area contributed by atoms with Gasteiger partial charge in [0.25, 0.3) is 0 Å². The van der Waals surface area contributed by atoms with E-state index in [1.807, 2.05) is 24.3 Å². The lowest BCUT2D eigenvalue weighted by Crippen LogP contribution is -2.46. The first-order valence-corrected chi connectivity index (χ1v) is 9.25. The number of morpholine rings is 2. The molecular weight excluding hydrogens is 413 g/mol. The zero-order chi connectivity index (χ0) is 17.5. The van der Waals surface area contributed by atoms with Gasteiger partial charge in [0.1, 0.15) is 0 Å². The van der Waals surface area contributed by atoms with Crippen LogP contribution in [0.1, 0.15) is 18.0 Å². The maximum Gasteiger partial charge on any atom is 0.221 e. The fourth-order valence-electron chi connectivity index (χ4n) is 3.29. The van der Waals surface area contributed by atoms with Crippen molar-refractivity contribution in [2.45, 2.75) is 18.5 Å². The molecule has 0 saturated carbocycles. The van der Waals surface area contributed by atoms with Gasteiger partial charge in [-0.3, -0.25) is 9.69 Å². The maximum atomic E-state index is 12.3. The fourth-order valence-corrected chi connectivity index (χ4v) is 3.42. The smallest absolute Gasteiger partial charge is 0.221 e. The zero-order valence-electron chi connectivity index (χ0n) is 15.2. The van der Waals surface area contributed by atoms with Crippen LogP contribution in [0.4, 0.5) is 0 Å². The summed E-state index contributed by atoms with van der Waals surface area (Å²) in [5, 5.41) is 7.12. The van der Waals surface area contributed by atoms with E-state index in [9.17, 15) is 4.79 Å². The molecule has 1 aromatic rings. The molecule has 0 aromatic heterocycles. The quantitative estimate of drug-likeness (QED) is 0.709. The maximum absolute atomic E-state index is 12.3. The standard InChI is InChI=1S/C18H26ClN3O3.2ClH/c19-15-3-1-14(2-4-15)17(22-6-9-24-10-7-22)12-21-18(23)11-16-13-25-8-5-20-16;;/h1-4,16-17,20H,5-13H2,(H,21,23);2*1H. The van der Waals surface area contributed by atoms with Crippen LogP contribution in [0, 0.1) is 0 Å². The molecule has 2 saturated heterocycles. The highest BCUT2D eigenvalue weighted by atomic mass is 35.5. The van der Waals surface area contributed by atoms with Crippen LogP contribution >= 0.6 is 36.4 Å². The molecule has 3 rings (SSSR count). The highest BCUT2D eigenvalue weighted by Gasteiger charge is 2.24. The first-order chi connectivity index (χ1) is 12.2. The fraction of sp³-hybridized carbons (Fsp3) is 0.611. The molecule has 1 amide bonds. The van der Waals surface area contributed by atoms with Crippen molar-refractivity contribution in [2.75, 3.05) is 52.6 Å². The van der Waals surface area contributed by atoms with Crippen LogP contribution in [-0.2, 0) is 14.3 Å². The van der Waals surface area contributed by atoms with Gasteiger partial charge in [0, 0.05) is 43.7 Å². The molecule has 0 spiro atoms. The van der Waals surface area contributed by atoms with Crippen LogP contribution < -0.4 is 10.6 Å². The van der Waals surface area contributed by atoms with Crippen LogP contribution in [0.5, 0.6) is 0 Å². The molecule has 0 radical (unpaired) electrons. The number of hydrogen-bond donors (Lipinski definition) is 2. The molecule has 0 aliphatic carbocycles. The summed E-state index contributed by atoms with van der Waals surface area (Å²) in [6.45, 7) is 5.86. The second-order valence-electron chi connectivity index (χ2n) is 6.45. The first-order valence-electron chi connectivity index (χ1n) is 8.87. The van der Waals surface area contributed by atoms with Gasteiger partial charge in [-0.15, -0.1) is 24.8 Å². The van der Waals surface area contributed by atoms with Crippen molar-refractivity contribution in [1.29, 1.82) is 0 Å². The van der Waals surface area contributed by atoms with Gasteiger partial charge < -0.3 is 20.1 Å². The Bertz CT molecular complexity index is 551. The molecule has 0 bridgehead atoms. The Morgan fingerprint density at radius 3 is 2.52 bits per heavy atom. The highest BCUT2D eigenvalue weighted by molar-refractivity contribution is 6.30. The monoisotopic (exact) mass is 439 g/mol. The molecule has 154 valence electrons. The van der Waals surface area contributed by atoms with Crippen molar-refractivity contribution in [2.24, 2.45) is 0 Å². The third-order valence-corrected chi connectivity index (χ3v) is 4.92. The summed E-state index contributed by atoms with van der Waals surface area (Å²) in [4.78, 5) is 14.7. The third-order valence-electron chi connectivity index (χ3n) is 4.66. The number of rotatable bonds is 6. The Kier molecular flexibility index (Phi) is 11.6. The molecule has 9 heteroatoms.